The highest BCUT2D eigenvalue weighted by molar-refractivity contribution is 5.66. The van der Waals surface area contributed by atoms with Crippen molar-refractivity contribution in [3.63, 3.8) is 0 Å². The first kappa shape index (κ1) is 12.3. The second-order valence-corrected chi connectivity index (χ2v) is 5.53. The molecular formula is C13H24N4. The van der Waals surface area contributed by atoms with Crippen LogP contribution in [0.15, 0.2) is 0 Å². The molecule has 1 aromatic heterocycles. The van der Waals surface area contributed by atoms with Gasteiger partial charge in [0.25, 0.3) is 0 Å². The minimum atomic E-state index is 0.361. The lowest BCUT2D eigenvalue weighted by atomic mass is 9.99. The molecule has 1 fully saturated rings. The number of hydrogen-bond acceptors (Lipinski definition) is 3. The molecule has 0 aromatic carbocycles. The molecule has 4 nitrogen and oxygen atoms in total. The molecule has 0 bridgehead atoms. The predicted octanol–water partition coefficient (Wildman–Crippen LogP) is 2.59. The predicted molar refractivity (Wildman–Crippen MR) is 72.4 cm³/mol. The molecule has 0 radical (unpaired) electrons. The van der Waals surface area contributed by atoms with E-state index < -0.39 is 0 Å². The summed E-state index contributed by atoms with van der Waals surface area (Å²) in [6.45, 7) is 10.8. The van der Waals surface area contributed by atoms with Gasteiger partial charge in [0.2, 0.25) is 0 Å². The van der Waals surface area contributed by atoms with Crippen LogP contribution in [-0.2, 0) is 0 Å². The number of anilines is 2. The van der Waals surface area contributed by atoms with Crippen molar-refractivity contribution in [2.24, 2.45) is 5.92 Å². The molecule has 0 unspecified atom stereocenters. The molecule has 17 heavy (non-hydrogen) atoms. The number of piperidine rings is 1. The number of aryl methyl sites for hydroxylation is 1. The Hall–Kier alpha value is -1.19. The summed E-state index contributed by atoms with van der Waals surface area (Å²) in [5.41, 5.74) is 7.99. The lowest BCUT2D eigenvalue weighted by Crippen LogP contribution is -2.35. The van der Waals surface area contributed by atoms with E-state index in [0.29, 0.717) is 6.04 Å². The number of rotatable bonds is 2. The Morgan fingerprint density at radius 2 is 1.88 bits per heavy atom. The topological polar surface area (TPSA) is 47.1 Å². The van der Waals surface area contributed by atoms with Gasteiger partial charge in [-0.2, -0.15) is 5.10 Å². The van der Waals surface area contributed by atoms with Gasteiger partial charge in [0.15, 0.2) is 5.82 Å². The van der Waals surface area contributed by atoms with Crippen LogP contribution >= 0.6 is 0 Å². The molecule has 0 spiro atoms. The van der Waals surface area contributed by atoms with Gasteiger partial charge in [-0.1, -0.05) is 6.92 Å². The third-order valence-electron chi connectivity index (χ3n) is 3.68. The van der Waals surface area contributed by atoms with Crippen molar-refractivity contribution in [1.82, 2.24) is 9.78 Å². The van der Waals surface area contributed by atoms with E-state index in [2.05, 4.69) is 35.5 Å². The number of aromatic nitrogens is 2. The Balaban J connectivity index is 2.30. The van der Waals surface area contributed by atoms with E-state index in [-0.39, 0.29) is 0 Å². The Kier molecular flexibility index (Phi) is 3.31. The van der Waals surface area contributed by atoms with Gasteiger partial charge in [-0.15, -0.1) is 0 Å². The van der Waals surface area contributed by atoms with Crippen LogP contribution in [0.5, 0.6) is 0 Å². The summed E-state index contributed by atoms with van der Waals surface area (Å²) in [5.74, 6) is 1.97. The molecule has 1 aliphatic rings. The molecule has 0 amide bonds. The largest absolute Gasteiger partial charge is 0.394 e. The third kappa shape index (κ3) is 2.26. The van der Waals surface area contributed by atoms with Crippen molar-refractivity contribution >= 4 is 11.5 Å². The van der Waals surface area contributed by atoms with E-state index in [1.165, 1.54) is 12.8 Å². The molecule has 2 N–H and O–H groups in total. The zero-order valence-electron chi connectivity index (χ0n) is 11.4. The summed E-state index contributed by atoms with van der Waals surface area (Å²) in [4.78, 5) is 2.40. The Morgan fingerprint density at radius 1 is 1.29 bits per heavy atom. The molecule has 0 atom stereocenters. The molecular weight excluding hydrogens is 212 g/mol. The van der Waals surface area contributed by atoms with Gasteiger partial charge >= 0.3 is 0 Å². The monoisotopic (exact) mass is 236 g/mol. The second-order valence-electron chi connectivity index (χ2n) is 5.53. The fourth-order valence-corrected chi connectivity index (χ4v) is 2.44. The molecule has 4 heteroatoms. The van der Waals surface area contributed by atoms with Crippen LogP contribution in [0.25, 0.3) is 0 Å². The first-order chi connectivity index (χ1) is 8.00. The lowest BCUT2D eigenvalue weighted by Gasteiger charge is -2.33. The van der Waals surface area contributed by atoms with Crippen LogP contribution in [0.1, 0.15) is 45.3 Å². The van der Waals surface area contributed by atoms with Gasteiger partial charge in [-0.3, -0.25) is 0 Å². The van der Waals surface area contributed by atoms with Gasteiger partial charge in [0, 0.05) is 19.1 Å². The minimum absolute atomic E-state index is 0.361. The van der Waals surface area contributed by atoms with Crippen LogP contribution in [0, 0.1) is 12.8 Å². The molecule has 2 rings (SSSR count). The maximum atomic E-state index is 6.18. The quantitative estimate of drug-likeness (QED) is 0.858. The second kappa shape index (κ2) is 4.59. The highest BCUT2D eigenvalue weighted by Gasteiger charge is 2.23. The van der Waals surface area contributed by atoms with Gasteiger partial charge in [0.05, 0.1) is 11.4 Å². The Morgan fingerprint density at radius 3 is 2.41 bits per heavy atom. The van der Waals surface area contributed by atoms with E-state index in [9.17, 15) is 0 Å². The summed E-state index contributed by atoms with van der Waals surface area (Å²) in [6.07, 6.45) is 2.50. The molecule has 1 saturated heterocycles. The van der Waals surface area contributed by atoms with Gasteiger partial charge in [-0.05, 0) is 39.5 Å². The van der Waals surface area contributed by atoms with Crippen molar-refractivity contribution in [2.75, 3.05) is 23.7 Å². The standard InChI is InChI=1S/C13H24N4/c1-9(2)17-13(12(14)11(4)15-17)16-7-5-10(3)6-8-16/h9-10H,5-8,14H2,1-4H3. The zero-order chi connectivity index (χ0) is 12.6. The molecule has 0 saturated carbocycles. The summed E-state index contributed by atoms with van der Waals surface area (Å²) < 4.78 is 2.07. The first-order valence-corrected chi connectivity index (χ1v) is 6.60. The number of nitrogens with two attached hydrogens (primary N) is 1. The van der Waals surface area contributed by atoms with Crippen molar-refractivity contribution in [3.05, 3.63) is 5.69 Å². The number of hydrogen-bond donors (Lipinski definition) is 1. The summed E-state index contributed by atoms with van der Waals surface area (Å²) >= 11 is 0. The van der Waals surface area contributed by atoms with Crippen molar-refractivity contribution in [2.45, 2.75) is 46.6 Å². The van der Waals surface area contributed by atoms with Crippen LogP contribution in [0.3, 0.4) is 0 Å². The highest BCUT2D eigenvalue weighted by Crippen LogP contribution is 2.32. The minimum Gasteiger partial charge on any atom is -0.394 e. The SMILES string of the molecule is Cc1nn(C(C)C)c(N2CCC(C)CC2)c1N. The van der Waals surface area contributed by atoms with E-state index in [1.54, 1.807) is 0 Å². The van der Waals surface area contributed by atoms with Gasteiger partial charge < -0.3 is 10.6 Å². The van der Waals surface area contributed by atoms with Crippen LogP contribution in [0.2, 0.25) is 0 Å². The zero-order valence-corrected chi connectivity index (χ0v) is 11.4. The highest BCUT2D eigenvalue weighted by atomic mass is 15.4. The number of nitrogen functional groups attached to an aromatic ring is 1. The van der Waals surface area contributed by atoms with Crippen molar-refractivity contribution < 1.29 is 0 Å². The third-order valence-corrected chi connectivity index (χ3v) is 3.68. The summed E-state index contributed by atoms with van der Waals surface area (Å²) in [6, 6.07) is 0.361. The van der Waals surface area contributed by atoms with Crippen LogP contribution in [-0.4, -0.2) is 22.9 Å². The summed E-state index contributed by atoms with van der Waals surface area (Å²) in [7, 11) is 0. The van der Waals surface area contributed by atoms with Gasteiger partial charge in [0.1, 0.15) is 0 Å². The maximum absolute atomic E-state index is 6.18. The molecule has 1 aromatic rings. The van der Waals surface area contributed by atoms with Gasteiger partial charge in [-0.25, -0.2) is 4.68 Å². The average Bonchev–Trinajstić information content (AvgIpc) is 2.57. The maximum Gasteiger partial charge on any atom is 0.150 e. The smallest absolute Gasteiger partial charge is 0.150 e. The van der Waals surface area contributed by atoms with E-state index in [4.69, 9.17) is 5.73 Å². The fourth-order valence-electron chi connectivity index (χ4n) is 2.44. The summed E-state index contributed by atoms with van der Waals surface area (Å²) in [5, 5.41) is 4.55. The van der Waals surface area contributed by atoms with E-state index >= 15 is 0 Å². The normalized spacial score (nSPS) is 18.1. The molecule has 96 valence electrons. The van der Waals surface area contributed by atoms with E-state index in [1.807, 2.05) is 6.92 Å². The first-order valence-electron chi connectivity index (χ1n) is 6.60. The molecule has 0 aliphatic carbocycles. The Labute approximate surface area is 104 Å². The fraction of sp³-hybridized carbons (Fsp3) is 0.769. The number of nitrogens with zero attached hydrogens (tertiary/aromatic N) is 3. The van der Waals surface area contributed by atoms with E-state index in [0.717, 1.165) is 36.2 Å². The lowest BCUT2D eigenvalue weighted by molar-refractivity contribution is 0.425. The average molecular weight is 236 g/mol. The Bertz CT molecular complexity index is 386. The molecule has 2 heterocycles. The van der Waals surface area contributed by atoms with Crippen LogP contribution < -0.4 is 10.6 Å². The van der Waals surface area contributed by atoms with Crippen LogP contribution in [0.4, 0.5) is 11.5 Å². The molecule has 1 aliphatic heterocycles. The van der Waals surface area contributed by atoms with Crippen molar-refractivity contribution in [3.8, 4) is 0 Å². The van der Waals surface area contributed by atoms with Crippen molar-refractivity contribution in [1.29, 1.82) is 0 Å².